The first-order valence-electron chi connectivity index (χ1n) is 1.42. The molecule has 26 valence electrons. The fraction of sp³-hybridized carbons (Fsp3) is 0.500. The maximum atomic E-state index is 7.77. The minimum absolute atomic E-state index is 0.310. The second kappa shape index (κ2) is 1.80. The summed E-state index contributed by atoms with van der Waals surface area (Å²) in [5.74, 6) is -0.310. The summed E-state index contributed by atoms with van der Waals surface area (Å²) in [6.07, 6.45) is 0. The first-order valence-corrected chi connectivity index (χ1v) is 1.42. The van der Waals surface area contributed by atoms with Gasteiger partial charge in [-0.05, 0) is 0 Å². The van der Waals surface area contributed by atoms with Crippen molar-refractivity contribution in [2.45, 2.75) is 5.94 Å². The first-order chi connectivity index (χ1) is 2.27. The van der Waals surface area contributed by atoms with Gasteiger partial charge in [0, 0.05) is 0 Å². The van der Waals surface area contributed by atoms with Crippen molar-refractivity contribution in [1.29, 1.82) is 5.26 Å². The van der Waals surface area contributed by atoms with Crippen LogP contribution in [0.15, 0.2) is 0 Å². The molecule has 3 heteroatoms. The number of nitrogens with two attached hydrogens (primary N) is 1. The normalized spacial score (nSPS) is 12.8. The van der Waals surface area contributed by atoms with Gasteiger partial charge in [0.1, 0.15) is 7.85 Å². The van der Waals surface area contributed by atoms with Crippen LogP contribution in [0, 0.1) is 11.3 Å². The Morgan fingerprint density at radius 1 is 2.00 bits per heavy atom. The van der Waals surface area contributed by atoms with Crippen LogP contribution in [-0.4, -0.2) is 13.8 Å². The van der Waals surface area contributed by atoms with E-state index in [0.29, 0.717) is 0 Å². The zero-order valence-electron chi connectivity index (χ0n) is 3.10. The van der Waals surface area contributed by atoms with Crippen LogP contribution in [0.25, 0.3) is 0 Å². The fourth-order valence-electron chi connectivity index (χ4n) is 0. The van der Waals surface area contributed by atoms with Crippen molar-refractivity contribution >= 4 is 7.85 Å². The van der Waals surface area contributed by atoms with E-state index in [1.165, 1.54) is 0 Å². The molecular formula is C2H5BN2. The maximum Gasteiger partial charge on any atom is 0.141 e. The average Bonchev–Trinajstić information content (AvgIpc) is 1.38. The van der Waals surface area contributed by atoms with Gasteiger partial charge in [-0.25, -0.2) is 0 Å². The second-order valence-electron chi connectivity index (χ2n) is 0.918. The Morgan fingerprint density at radius 3 is 2.20 bits per heavy atom. The highest BCUT2D eigenvalue weighted by molar-refractivity contribution is 6.13. The predicted octanol–water partition coefficient (Wildman–Crippen LogP) is -1.57. The number of nitriles is 1. The first kappa shape index (κ1) is 4.51. The van der Waals surface area contributed by atoms with Crippen LogP contribution in [0.3, 0.4) is 0 Å². The highest BCUT2D eigenvalue weighted by Gasteiger charge is 1.79. The molecule has 0 heterocycles. The molecule has 0 radical (unpaired) electrons. The molecule has 2 nitrogen and oxygen atoms in total. The lowest BCUT2D eigenvalue weighted by molar-refractivity contribution is 1.15. The molecule has 0 spiro atoms. The van der Waals surface area contributed by atoms with Gasteiger partial charge in [0.2, 0.25) is 0 Å². The van der Waals surface area contributed by atoms with E-state index in [2.05, 4.69) is 0 Å². The van der Waals surface area contributed by atoms with Crippen molar-refractivity contribution in [2.75, 3.05) is 0 Å². The van der Waals surface area contributed by atoms with E-state index in [1.807, 2.05) is 0 Å². The minimum atomic E-state index is -0.310. The molecule has 2 N–H and O–H groups in total. The average molecular weight is 67.9 g/mol. The lowest BCUT2D eigenvalue weighted by atomic mass is 10.0. The highest BCUT2D eigenvalue weighted by Crippen LogP contribution is 1.51. The Hall–Kier alpha value is -0.485. The number of rotatable bonds is 0. The lowest BCUT2D eigenvalue weighted by Crippen LogP contribution is -2.15. The standard InChI is InChI=1S/C2H5BN2/c3-2(5)1-4/h2H,3,5H2. The molecule has 0 aliphatic rings. The molecule has 0 aromatic rings. The Labute approximate surface area is 32.0 Å². The summed E-state index contributed by atoms with van der Waals surface area (Å²) in [6.45, 7) is 0. The number of hydrogen-bond donors (Lipinski definition) is 1. The molecule has 0 aliphatic carbocycles. The Balaban J connectivity index is 2.94. The van der Waals surface area contributed by atoms with E-state index in [0.717, 1.165) is 0 Å². The second-order valence-corrected chi connectivity index (χ2v) is 0.918. The molecule has 1 unspecified atom stereocenters. The van der Waals surface area contributed by atoms with Crippen molar-refractivity contribution < 1.29 is 0 Å². The van der Waals surface area contributed by atoms with Crippen LogP contribution in [-0.2, 0) is 0 Å². The van der Waals surface area contributed by atoms with Crippen LogP contribution >= 0.6 is 0 Å². The van der Waals surface area contributed by atoms with Crippen LogP contribution < -0.4 is 5.73 Å². The quantitative estimate of drug-likeness (QED) is 0.348. The van der Waals surface area contributed by atoms with Gasteiger partial charge in [-0.15, -0.1) is 0 Å². The molecule has 0 saturated heterocycles. The monoisotopic (exact) mass is 68.1 g/mol. The van der Waals surface area contributed by atoms with Gasteiger partial charge < -0.3 is 5.73 Å². The van der Waals surface area contributed by atoms with Crippen molar-refractivity contribution in [2.24, 2.45) is 5.73 Å². The maximum absolute atomic E-state index is 7.77. The zero-order chi connectivity index (χ0) is 4.28. The molecule has 5 heavy (non-hydrogen) atoms. The lowest BCUT2D eigenvalue weighted by Gasteiger charge is -1.77. The van der Waals surface area contributed by atoms with Gasteiger partial charge in [-0.3, -0.25) is 0 Å². The van der Waals surface area contributed by atoms with E-state index in [4.69, 9.17) is 11.0 Å². The molecule has 0 rings (SSSR count). The van der Waals surface area contributed by atoms with Crippen molar-refractivity contribution in [3.63, 3.8) is 0 Å². The van der Waals surface area contributed by atoms with E-state index in [1.54, 1.807) is 13.9 Å². The van der Waals surface area contributed by atoms with E-state index >= 15 is 0 Å². The molecule has 0 aromatic heterocycles. The van der Waals surface area contributed by atoms with Crippen LogP contribution in [0.5, 0.6) is 0 Å². The van der Waals surface area contributed by atoms with E-state index in [9.17, 15) is 0 Å². The third-order valence-electron chi connectivity index (χ3n) is 0.204. The topological polar surface area (TPSA) is 49.8 Å². The van der Waals surface area contributed by atoms with Gasteiger partial charge in [0.25, 0.3) is 0 Å². The van der Waals surface area contributed by atoms with E-state index < -0.39 is 0 Å². The van der Waals surface area contributed by atoms with Crippen molar-refractivity contribution in [3.8, 4) is 6.07 Å². The van der Waals surface area contributed by atoms with Crippen LogP contribution in [0.4, 0.5) is 0 Å². The molecular weight excluding hydrogens is 62.8 g/mol. The van der Waals surface area contributed by atoms with Crippen molar-refractivity contribution in [1.82, 2.24) is 0 Å². The molecule has 0 aromatic carbocycles. The van der Waals surface area contributed by atoms with Gasteiger partial charge in [-0.1, -0.05) is 0 Å². The summed E-state index contributed by atoms with van der Waals surface area (Å²) < 4.78 is 0. The Kier molecular flexibility index (Phi) is 1.62. The van der Waals surface area contributed by atoms with Crippen LogP contribution in [0.2, 0.25) is 0 Å². The zero-order valence-corrected chi connectivity index (χ0v) is 3.10. The third-order valence-corrected chi connectivity index (χ3v) is 0.204. The largest absolute Gasteiger partial charge is 0.323 e. The van der Waals surface area contributed by atoms with Gasteiger partial charge >= 0.3 is 0 Å². The summed E-state index contributed by atoms with van der Waals surface area (Å²) in [6, 6.07) is 1.81. The number of nitrogens with zero attached hydrogens (tertiary/aromatic N) is 1. The van der Waals surface area contributed by atoms with Crippen LogP contribution in [0.1, 0.15) is 0 Å². The smallest absolute Gasteiger partial charge is 0.141 e. The predicted molar refractivity (Wildman–Crippen MR) is 22.1 cm³/mol. The van der Waals surface area contributed by atoms with Crippen molar-refractivity contribution in [3.05, 3.63) is 0 Å². The Morgan fingerprint density at radius 2 is 2.20 bits per heavy atom. The summed E-state index contributed by atoms with van der Waals surface area (Å²) in [7, 11) is 1.64. The third kappa shape index (κ3) is 3.51. The highest BCUT2D eigenvalue weighted by atomic mass is 14.6. The molecule has 0 saturated carbocycles. The van der Waals surface area contributed by atoms with E-state index in [-0.39, 0.29) is 5.94 Å². The van der Waals surface area contributed by atoms with Gasteiger partial charge in [-0.2, -0.15) is 5.26 Å². The summed E-state index contributed by atoms with van der Waals surface area (Å²) in [5, 5.41) is 7.77. The van der Waals surface area contributed by atoms with Gasteiger partial charge in [0.15, 0.2) is 0 Å². The summed E-state index contributed by atoms with van der Waals surface area (Å²) in [5.41, 5.74) is 4.93. The molecule has 0 fully saturated rings. The molecule has 0 amide bonds. The SMILES string of the molecule is BC(N)C#N. The fourth-order valence-corrected chi connectivity index (χ4v) is 0. The molecule has 1 atom stereocenters. The number of hydrogen-bond acceptors (Lipinski definition) is 2. The Bertz CT molecular complexity index is 53.2. The summed E-state index contributed by atoms with van der Waals surface area (Å²) >= 11 is 0. The minimum Gasteiger partial charge on any atom is -0.323 e. The van der Waals surface area contributed by atoms with Gasteiger partial charge in [0.05, 0.1) is 12.0 Å². The molecule has 0 bridgehead atoms. The molecule has 0 aliphatic heterocycles. The summed E-state index contributed by atoms with van der Waals surface area (Å²) in [4.78, 5) is 0.